The van der Waals surface area contributed by atoms with E-state index < -0.39 is 5.54 Å². The second-order valence-corrected chi connectivity index (χ2v) is 7.74. The summed E-state index contributed by atoms with van der Waals surface area (Å²) in [6, 6.07) is 5.38. The minimum absolute atomic E-state index is 0.00989. The van der Waals surface area contributed by atoms with Gasteiger partial charge in [-0.2, -0.15) is 0 Å². The van der Waals surface area contributed by atoms with E-state index in [1.165, 1.54) is 6.92 Å². The number of aromatic nitrogens is 2. The van der Waals surface area contributed by atoms with Gasteiger partial charge in [0.2, 0.25) is 11.7 Å². The molecular weight excluding hydrogens is 346 g/mol. The van der Waals surface area contributed by atoms with Crippen molar-refractivity contribution in [2.45, 2.75) is 33.2 Å². The van der Waals surface area contributed by atoms with Crippen molar-refractivity contribution < 1.29 is 14.4 Å². The number of nitrogens with zero attached hydrogens (tertiary/aromatic N) is 4. The fourth-order valence-corrected chi connectivity index (χ4v) is 3.13. The van der Waals surface area contributed by atoms with Gasteiger partial charge in [0.1, 0.15) is 0 Å². The molecule has 2 aromatic rings. The van der Waals surface area contributed by atoms with E-state index in [4.69, 9.17) is 0 Å². The lowest BCUT2D eigenvalue weighted by molar-refractivity contribution is -0.130. The zero-order chi connectivity index (χ0) is 19.8. The number of carbonyl (C=O) groups is 3. The number of nitrogens with one attached hydrogen (secondary N) is 1. The van der Waals surface area contributed by atoms with E-state index in [0.717, 1.165) is 0 Å². The first-order valence-electron chi connectivity index (χ1n) is 9.02. The summed E-state index contributed by atoms with van der Waals surface area (Å²) in [5.74, 6) is -0.359. The van der Waals surface area contributed by atoms with E-state index in [1.807, 2.05) is 26.8 Å². The fourth-order valence-electron chi connectivity index (χ4n) is 3.13. The van der Waals surface area contributed by atoms with Crippen LogP contribution in [0.2, 0.25) is 0 Å². The molecule has 2 aromatic heterocycles. The van der Waals surface area contributed by atoms with Gasteiger partial charge in [0.05, 0.1) is 5.52 Å². The molecule has 8 heteroatoms. The van der Waals surface area contributed by atoms with Crippen LogP contribution < -0.4 is 5.32 Å². The standard InChI is InChI=1S/C19H25N5O3/c1-13(25)22-9-11-23(12-10-22)18(27)15-14-7-5-6-8-24(14)16(20-15)17(26)21-19(2,3)4/h5-8H,9-12H2,1-4H3,(H,21,26). The lowest BCUT2D eigenvalue weighted by Gasteiger charge is -2.33. The Morgan fingerprint density at radius 2 is 1.67 bits per heavy atom. The molecule has 1 aliphatic rings. The van der Waals surface area contributed by atoms with Gasteiger partial charge in [0, 0.05) is 44.8 Å². The van der Waals surface area contributed by atoms with Crippen molar-refractivity contribution in [3.05, 3.63) is 35.9 Å². The van der Waals surface area contributed by atoms with Crippen LogP contribution in [0.3, 0.4) is 0 Å². The first-order chi connectivity index (χ1) is 12.7. The van der Waals surface area contributed by atoms with Crippen molar-refractivity contribution in [3.8, 4) is 0 Å². The van der Waals surface area contributed by atoms with Gasteiger partial charge in [-0.3, -0.25) is 18.8 Å². The van der Waals surface area contributed by atoms with Crippen molar-refractivity contribution >= 4 is 23.2 Å². The zero-order valence-electron chi connectivity index (χ0n) is 16.2. The van der Waals surface area contributed by atoms with Gasteiger partial charge in [-0.25, -0.2) is 4.98 Å². The highest BCUT2D eigenvalue weighted by Crippen LogP contribution is 2.17. The summed E-state index contributed by atoms with van der Waals surface area (Å²) in [5, 5.41) is 2.89. The van der Waals surface area contributed by atoms with Crippen LogP contribution >= 0.6 is 0 Å². The summed E-state index contributed by atoms with van der Waals surface area (Å²) >= 11 is 0. The Balaban J connectivity index is 1.90. The third-order valence-electron chi connectivity index (χ3n) is 4.45. The van der Waals surface area contributed by atoms with E-state index in [1.54, 1.807) is 32.5 Å². The summed E-state index contributed by atoms with van der Waals surface area (Å²) in [7, 11) is 0. The van der Waals surface area contributed by atoms with Crippen molar-refractivity contribution in [1.82, 2.24) is 24.5 Å². The molecule has 3 rings (SSSR count). The van der Waals surface area contributed by atoms with Gasteiger partial charge in [0.15, 0.2) is 5.69 Å². The van der Waals surface area contributed by atoms with Crippen LogP contribution in [0.1, 0.15) is 48.8 Å². The normalized spacial score (nSPS) is 15.1. The number of carbonyl (C=O) groups excluding carboxylic acids is 3. The number of hydrogen-bond donors (Lipinski definition) is 1. The topological polar surface area (TPSA) is 87.0 Å². The monoisotopic (exact) mass is 371 g/mol. The number of pyridine rings is 1. The van der Waals surface area contributed by atoms with Gasteiger partial charge in [-0.15, -0.1) is 0 Å². The number of rotatable bonds is 2. The quantitative estimate of drug-likeness (QED) is 0.858. The highest BCUT2D eigenvalue weighted by atomic mass is 16.2. The molecule has 0 radical (unpaired) electrons. The summed E-state index contributed by atoms with van der Waals surface area (Å²) in [4.78, 5) is 44.9. The second kappa shape index (κ2) is 7.02. The Morgan fingerprint density at radius 3 is 2.26 bits per heavy atom. The minimum atomic E-state index is -0.412. The van der Waals surface area contributed by atoms with Crippen LogP contribution in [0.5, 0.6) is 0 Å². The van der Waals surface area contributed by atoms with Gasteiger partial charge >= 0.3 is 0 Å². The molecule has 144 valence electrons. The average molecular weight is 371 g/mol. The molecule has 0 bridgehead atoms. The fraction of sp³-hybridized carbons (Fsp3) is 0.474. The van der Waals surface area contributed by atoms with E-state index in [9.17, 15) is 14.4 Å². The lowest BCUT2D eigenvalue weighted by atomic mass is 10.1. The molecule has 3 amide bonds. The molecule has 0 saturated carbocycles. The van der Waals surface area contributed by atoms with Gasteiger partial charge in [-0.05, 0) is 32.9 Å². The van der Waals surface area contributed by atoms with Crippen molar-refractivity contribution in [3.63, 3.8) is 0 Å². The molecule has 1 saturated heterocycles. The third-order valence-corrected chi connectivity index (χ3v) is 4.45. The lowest BCUT2D eigenvalue weighted by Crippen LogP contribution is -2.50. The van der Waals surface area contributed by atoms with Crippen molar-refractivity contribution in [2.24, 2.45) is 0 Å². The molecule has 8 nitrogen and oxygen atoms in total. The molecule has 0 unspecified atom stereocenters. The zero-order valence-corrected chi connectivity index (χ0v) is 16.2. The van der Waals surface area contributed by atoms with E-state index >= 15 is 0 Å². The maximum atomic E-state index is 13.0. The molecule has 27 heavy (non-hydrogen) atoms. The van der Waals surface area contributed by atoms with Crippen LogP contribution in [0.25, 0.3) is 5.52 Å². The summed E-state index contributed by atoms with van der Waals surface area (Å²) in [6.07, 6.45) is 1.73. The maximum absolute atomic E-state index is 13.0. The SMILES string of the molecule is CC(=O)N1CCN(C(=O)c2nc(C(=O)NC(C)(C)C)n3ccccc23)CC1. The molecule has 1 fully saturated rings. The van der Waals surface area contributed by atoms with Crippen molar-refractivity contribution in [2.75, 3.05) is 26.2 Å². The van der Waals surface area contributed by atoms with Crippen LogP contribution in [0.4, 0.5) is 0 Å². The largest absolute Gasteiger partial charge is 0.345 e. The third kappa shape index (κ3) is 3.94. The minimum Gasteiger partial charge on any atom is -0.345 e. The smallest absolute Gasteiger partial charge is 0.288 e. The number of hydrogen-bond acceptors (Lipinski definition) is 4. The molecular formula is C19H25N5O3. The van der Waals surface area contributed by atoms with Crippen LogP contribution in [-0.4, -0.2) is 68.6 Å². The maximum Gasteiger partial charge on any atom is 0.288 e. The number of piperazine rings is 1. The summed E-state index contributed by atoms with van der Waals surface area (Å²) in [5.41, 5.74) is 0.437. The molecule has 0 aromatic carbocycles. The molecule has 0 atom stereocenters. The van der Waals surface area contributed by atoms with E-state index in [0.29, 0.717) is 31.7 Å². The Labute approximate surface area is 158 Å². The van der Waals surface area contributed by atoms with Gasteiger partial charge in [0.25, 0.3) is 11.8 Å². The van der Waals surface area contributed by atoms with E-state index in [2.05, 4.69) is 10.3 Å². The predicted molar refractivity (Wildman–Crippen MR) is 101 cm³/mol. The Morgan fingerprint density at radius 1 is 1.04 bits per heavy atom. The number of amides is 3. The number of fused-ring (bicyclic) bond motifs is 1. The number of imidazole rings is 1. The molecule has 3 heterocycles. The second-order valence-electron chi connectivity index (χ2n) is 7.74. The average Bonchev–Trinajstić information content (AvgIpc) is 2.99. The van der Waals surface area contributed by atoms with Crippen molar-refractivity contribution in [1.29, 1.82) is 0 Å². The Bertz CT molecular complexity index is 888. The molecule has 1 aliphatic heterocycles. The summed E-state index contributed by atoms with van der Waals surface area (Å²) < 4.78 is 1.64. The molecule has 0 spiro atoms. The van der Waals surface area contributed by atoms with Gasteiger partial charge in [-0.1, -0.05) is 6.07 Å². The highest BCUT2D eigenvalue weighted by molar-refractivity contribution is 6.02. The van der Waals surface area contributed by atoms with Crippen LogP contribution in [-0.2, 0) is 4.79 Å². The first-order valence-corrected chi connectivity index (χ1v) is 9.02. The van der Waals surface area contributed by atoms with E-state index in [-0.39, 0.29) is 29.2 Å². The predicted octanol–water partition coefficient (Wildman–Crippen LogP) is 1.17. The van der Waals surface area contributed by atoms with Gasteiger partial charge < -0.3 is 15.1 Å². The first kappa shape index (κ1) is 18.9. The summed E-state index contributed by atoms with van der Waals surface area (Å²) in [6.45, 7) is 9.11. The molecule has 0 aliphatic carbocycles. The van der Waals surface area contributed by atoms with Crippen LogP contribution in [0, 0.1) is 0 Å². The molecule has 1 N–H and O–H groups in total. The Hall–Kier alpha value is -2.90. The highest BCUT2D eigenvalue weighted by Gasteiger charge is 2.29. The van der Waals surface area contributed by atoms with Crippen LogP contribution in [0.15, 0.2) is 24.4 Å². The Kier molecular flexibility index (Phi) is 4.91.